The van der Waals surface area contributed by atoms with Gasteiger partial charge in [-0.2, -0.15) is 4.31 Å². The number of nitrogens with one attached hydrogen (secondary N) is 1. The molecule has 2 aliphatic rings. The van der Waals surface area contributed by atoms with E-state index < -0.39 is 10.0 Å². The molecule has 0 saturated carbocycles. The molecule has 2 aromatic rings. The molecule has 2 aromatic carbocycles. The summed E-state index contributed by atoms with van der Waals surface area (Å²) in [6.07, 6.45) is 4.96. The molecular formula is C24H28N2O6S. The van der Waals surface area contributed by atoms with E-state index in [1.54, 1.807) is 41.8 Å². The van der Waals surface area contributed by atoms with Gasteiger partial charge in [-0.3, -0.25) is 4.79 Å². The minimum atomic E-state index is -3.53. The molecule has 1 amide bonds. The summed E-state index contributed by atoms with van der Waals surface area (Å²) in [5, 5.41) is 2.75. The number of rotatable bonds is 6. The number of amides is 1. The highest BCUT2D eigenvalue weighted by Crippen LogP contribution is 2.40. The summed E-state index contributed by atoms with van der Waals surface area (Å²) in [4.78, 5) is 12.6. The quantitative estimate of drug-likeness (QED) is 0.647. The Morgan fingerprint density at radius 2 is 1.94 bits per heavy atom. The highest BCUT2D eigenvalue weighted by Gasteiger charge is 2.28. The van der Waals surface area contributed by atoms with Gasteiger partial charge in [0.1, 0.15) is 13.2 Å². The van der Waals surface area contributed by atoms with Crippen LogP contribution in [-0.2, 0) is 14.8 Å². The lowest BCUT2D eigenvalue weighted by Crippen LogP contribution is -2.39. The SMILES string of the molecule is COc1cc(/C=C/C(=O)Nc2ccc(S(=O)(=O)N3CCCC(C)C3)cc2)cc2c1OCCO2. The lowest BCUT2D eigenvalue weighted by atomic mass is 10.0. The molecule has 0 spiro atoms. The Labute approximate surface area is 194 Å². The second-order valence-corrected chi connectivity index (χ2v) is 10.1. The van der Waals surface area contributed by atoms with Gasteiger partial charge in [-0.25, -0.2) is 8.42 Å². The van der Waals surface area contributed by atoms with Crippen molar-refractivity contribution in [3.63, 3.8) is 0 Å². The fourth-order valence-electron chi connectivity index (χ4n) is 3.97. The smallest absolute Gasteiger partial charge is 0.248 e. The maximum Gasteiger partial charge on any atom is 0.248 e. The highest BCUT2D eigenvalue weighted by molar-refractivity contribution is 7.89. The summed E-state index contributed by atoms with van der Waals surface area (Å²) >= 11 is 0. The van der Waals surface area contributed by atoms with E-state index in [4.69, 9.17) is 14.2 Å². The molecule has 4 rings (SSSR count). The number of hydrogen-bond donors (Lipinski definition) is 1. The molecule has 9 heteroatoms. The van der Waals surface area contributed by atoms with Gasteiger partial charge >= 0.3 is 0 Å². The Kier molecular flexibility index (Phi) is 6.90. The van der Waals surface area contributed by atoms with Gasteiger partial charge < -0.3 is 19.5 Å². The van der Waals surface area contributed by atoms with Crippen LogP contribution in [0.4, 0.5) is 5.69 Å². The zero-order chi connectivity index (χ0) is 23.4. The molecule has 176 valence electrons. The minimum Gasteiger partial charge on any atom is -0.493 e. The molecule has 0 aromatic heterocycles. The van der Waals surface area contributed by atoms with E-state index in [1.165, 1.54) is 18.2 Å². The third-order valence-electron chi connectivity index (χ3n) is 5.66. The van der Waals surface area contributed by atoms with Crippen LogP contribution in [0.25, 0.3) is 6.08 Å². The van der Waals surface area contributed by atoms with E-state index in [-0.39, 0.29) is 10.8 Å². The lowest BCUT2D eigenvalue weighted by molar-refractivity contribution is -0.111. The molecular weight excluding hydrogens is 444 g/mol. The van der Waals surface area contributed by atoms with Gasteiger partial charge in [0.05, 0.1) is 12.0 Å². The molecule has 0 radical (unpaired) electrons. The molecule has 33 heavy (non-hydrogen) atoms. The maximum atomic E-state index is 12.9. The zero-order valence-corrected chi connectivity index (χ0v) is 19.6. The summed E-state index contributed by atoms with van der Waals surface area (Å²) in [5.74, 6) is 1.67. The number of carbonyl (C=O) groups excluding carboxylic acids is 1. The fourth-order valence-corrected chi connectivity index (χ4v) is 5.57. The van der Waals surface area contributed by atoms with Crippen LogP contribution < -0.4 is 19.5 Å². The number of fused-ring (bicyclic) bond motifs is 1. The normalized spacial score (nSPS) is 18.8. The van der Waals surface area contributed by atoms with E-state index in [1.807, 2.05) is 0 Å². The number of piperidine rings is 1. The molecule has 1 unspecified atom stereocenters. The number of benzene rings is 2. The number of ether oxygens (including phenoxy) is 3. The molecule has 1 fully saturated rings. The molecule has 0 bridgehead atoms. The van der Waals surface area contributed by atoms with Gasteiger partial charge in [0.25, 0.3) is 0 Å². The van der Waals surface area contributed by atoms with E-state index in [9.17, 15) is 13.2 Å². The molecule has 2 heterocycles. The maximum absolute atomic E-state index is 12.9. The van der Waals surface area contributed by atoms with Crippen LogP contribution in [0.1, 0.15) is 25.3 Å². The fraction of sp³-hybridized carbons (Fsp3) is 0.375. The predicted molar refractivity (Wildman–Crippen MR) is 125 cm³/mol. The van der Waals surface area contributed by atoms with Gasteiger partial charge in [-0.1, -0.05) is 6.92 Å². The topological polar surface area (TPSA) is 94.2 Å². The highest BCUT2D eigenvalue weighted by atomic mass is 32.2. The van der Waals surface area contributed by atoms with Crippen molar-refractivity contribution in [1.82, 2.24) is 4.31 Å². The van der Waals surface area contributed by atoms with Crippen LogP contribution in [0, 0.1) is 5.92 Å². The van der Waals surface area contributed by atoms with Gasteiger partial charge in [0.2, 0.25) is 21.7 Å². The predicted octanol–water partition coefficient (Wildman–Crippen LogP) is 3.54. The summed E-state index contributed by atoms with van der Waals surface area (Å²) in [6, 6.07) is 9.79. The second-order valence-electron chi connectivity index (χ2n) is 8.20. The van der Waals surface area contributed by atoms with Gasteiger partial charge in [0.15, 0.2) is 11.5 Å². The molecule has 8 nitrogen and oxygen atoms in total. The average Bonchev–Trinajstić information content (AvgIpc) is 2.82. The lowest BCUT2D eigenvalue weighted by Gasteiger charge is -2.30. The Morgan fingerprint density at radius 1 is 1.18 bits per heavy atom. The van der Waals surface area contributed by atoms with Crippen molar-refractivity contribution in [3.05, 3.63) is 48.0 Å². The first-order chi connectivity index (χ1) is 15.9. The third-order valence-corrected chi connectivity index (χ3v) is 7.54. The van der Waals surface area contributed by atoms with Gasteiger partial charge in [-0.05, 0) is 66.8 Å². The summed E-state index contributed by atoms with van der Waals surface area (Å²) in [6.45, 7) is 4.05. The first-order valence-corrected chi connectivity index (χ1v) is 12.4. The molecule has 0 aliphatic carbocycles. The van der Waals surface area contributed by atoms with Crippen LogP contribution in [0.2, 0.25) is 0 Å². The first-order valence-electron chi connectivity index (χ1n) is 10.9. The van der Waals surface area contributed by atoms with Crippen LogP contribution in [0.15, 0.2) is 47.4 Å². The van der Waals surface area contributed by atoms with Crippen molar-refractivity contribution in [2.45, 2.75) is 24.7 Å². The van der Waals surface area contributed by atoms with Crippen molar-refractivity contribution < 1.29 is 27.4 Å². The van der Waals surface area contributed by atoms with Crippen LogP contribution in [-0.4, -0.2) is 52.0 Å². The summed E-state index contributed by atoms with van der Waals surface area (Å²) < 4.78 is 43.8. The monoisotopic (exact) mass is 472 g/mol. The van der Waals surface area contributed by atoms with Gasteiger partial charge in [0, 0.05) is 24.9 Å². The Hall–Kier alpha value is -3.04. The van der Waals surface area contributed by atoms with Crippen molar-refractivity contribution in [1.29, 1.82) is 0 Å². The second kappa shape index (κ2) is 9.84. The Morgan fingerprint density at radius 3 is 2.67 bits per heavy atom. The summed E-state index contributed by atoms with van der Waals surface area (Å²) in [7, 11) is -1.98. The first kappa shape index (κ1) is 23.1. The number of nitrogens with zero attached hydrogens (tertiary/aromatic N) is 1. The molecule has 1 atom stereocenters. The standard InChI is InChI=1S/C24H28N2O6S/c1-17-4-3-11-26(16-17)33(28,29)20-8-6-19(7-9-20)25-23(27)10-5-18-14-21(30-2)24-22(15-18)31-12-13-32-24/h5-10,14-15,17H,3-4,11-13,16H2,1-2H3,(H,25,27)/b10-5+. The van der Waals surface area contributed by atoms with Crippen molar-refractivity contribution >= 4 is 27.7 Å². The van der Waals surface area contributed by atoms with Crippen LogP contribution in [0.3, 0.4) is 0 Å². The third kappa shape index (κ3) is 5.31. The number of anilines is 1. The number of methoxy groups -OCH3 is 1. The molecule has 2 aliphatic heterocycles. The minimum absolute atomic E-state index is 0.230. The van der Waals surface area contributed by atoms with Crippen LogP contribution in [0.5, 0.6) is 17.2 Å². The number of sulfonamides is 1. The van der Waals surface area contributed by atoms with Crippen molar-refractivity contribution in [3.8, 4) is 17.2 Å². The average molecular weight is 473 g/mol. The molecule has 1 saturated heterocycles. The number of carbonyl (C=O) groups is 1. The zero-order valence-electron chi connectivity index (χ0n) is 18.7. The van der Waals surface area contributed by atoms with Gasteiger partial charge in [-0.15, -0.1) is 0 Å². The van der Waals surface area contributed by atoms with E-state index in [2.05, 4.69) is 12.2 Å². The van der Waals surface area contributed by atoms with E-state index >= 15 is 0 Å². The van der Waals surface area contributed by atoms with E-state index in [0.717, 1.165) is 18.4 Å². The van der Waals surface area contributed by atoms with Crippen molar-refractivity contribution in [2.24, 2.45) is 5.92 Å². The Balaban J connectivity index is 1.41. The number of hydrogen-bond acceptors (Lipinski definition) is 6. The van der Waals surface area contributed by atoms with E-state index in [0.29, 0.717) is 55.2 Å². The molecule has 1 N–H and O–H groups in total. The van der Waals surface area contributed by atoms with Crippen LogP contribution >= 0.6 is 0 Å². The van der Waals surface area contributed by atoms with Crippen molar-refractivity contribution in [2.75, 3.05) is 38.7 Å². The summed E-state index contributed by atoms with van der Waals surface area (Å²) in [5.41, 5.74) is 1.24. The Bertz CT molecular complexity index is 1130. The largest absolute Gasteiger partial charge is 0.493 e.